The number of aliphatic hydroxyl groups is 1. The average molecular weight is 798 g/mol. The molecule has 0 aromatic carbocycles. The van der Waals surface area contributed by atoms with Crippen LogP contribution in [0.5, 0.6) is 0 Å². The number of unbranched alkanes of at least 4 members (excludes halogenated alkanes) is 15. The molecule has 0 aliphatic heterocycles. The summed E-state index contributed by atoms with van der Waals surface area (Å²) in [5, 5.41) is 9.90. The predicted octanol–water partition coefficient (Wildman–Crippen LogP) is 10.2. The molecule has 3 atom stereocenters. The maximum atomic E-state index is 12.6. The van der Waals surface area contributed by atoms with E-state index in [1.165, 1.54) is 64.2 Å². The van der Waals surface area contributed by atoms with Crippen LogP contribution in [0, 0.1) is 0 Å². The van der Waals surface area contributed by atoms with E-state index in [0.717, 1.165) is 57.8 Å². The Morgan fingerprint density at radius 3 is 1.84 bits per heavy atom. The molecule has 55 heavy (non-hydrogen) atoms. The van der Waals surface area contributed by atoms with E-state index in [2.05, 4.69) is 26.0 Å². The Kier molecular flexibility index (Phi) is 34.9. The number of hydrogen-bond donors (Lipinski definition) is 1. The quantitative estimate of drug-likeness (QED) is 0.0162. The number of nitrogens with zero attached hydrogens (tertiary/aromatic N) is 1. The van der Waals surface area contributed by atoms with Crippen LogP contribution in [0.1, 0.15) is 162 Å². The van der Waals surface area contributed by atoms with Crippen molar-refractivity contribution in [3.05, 3.63) is 48.6 Å². The van der Waals surface area contributed by atoms with Gasteiger partial charge in [-0.15, -0.1) is 0 Å². The molecular weight excluding hydrogens is 717 g/mol. The van der Waals surface area contributed by atoms with Gasteiger partial charge >= 0.3 is 11.9 Å². The lowest BCUT2D eigenvalue weighted by Gasteiger charge is -2.28. The number of rotatable bonds is 38. The first-order valence-corrected chi connectivity index (χ1v) is 22.9. The third kappa shape index (κ3) is 39.9. The molecule has 0 aliphatic rings. The van der Waals surface area contributed by atoms with Gasteiger partial charge in [-0.25, -0.2) is 0 Å². The van der Waals surface area contributed by atoms with Crippen LogP contribution in [0.25, 0.3) is 0 Å². The van der Waals surface area contributed by atoms with E-state index in [1.807, 2.05) is 57.6 Å². The second-order valence-electron chi connectivity index (χ2n) is 15.6. The molecule has 10 nitrogen and oxygen atoms in total. The number of hydrogen-bond acceptors (Lipinski definition) is 9. The zero-order valence-corrected chi connectivity index (χ0v) is 36.4. The molecule has 0 saturated carbocycles. The van der Waals surface area contributed by atoms with E-state index in [-0.39, 0.29) is 32.2 Å². The second-order valence-corrected chi connectivity index (χ2v) is 17.0. The fraction of sp³-hybridized carbons (Fsp3) is 0.773. The van der Waals surface area contributed by atoms with Crippen LogP contribution in [0.3, 0.4) is 0 Å². The summed E-state index contributed by atoms with van der Waals surface area (Å²) in [6, 6.07) is 0. The number of phosphoric acid groups is 1. The Balaban J connectivity index is 4.52. The highest BCUT2D eigenvalue weighted by atomic mass is 31.2. The molecule has 0 heterocycles. The van der Waals surface area contributed by atoms with Gasteiger partial charge in [-0.3, -0.25) is 14.2 Å². The summed E-state index contributed by atoms with van der Waals surface area (Å²) in [6.45, 7) is 4.01. The van der Waals surface area contributed by atoms with Gasteiger partial charge in [0.2, 0.25) is 0 Å². The Bertz CT molecular complexity index is 1100. The highest BCUT2D eigenvalue weighted by Crippen LogP contribution is 2.38. The molecule has 0 fully saturated rings. The van der Waals surface area contributed by atoms with Crippen LogP contribution in [0.2, 0.25) is 0 Å². The highest BCUT2D eigenvalue weighted by molar-refractivity contribution is 7.45. The fourth-order valence-electron chi connectivity index (χ4n) is 5.52. The summed E-state index contributed by atoms with van der Waals surface area (Å²) < 4.78 is 33.7. The van der Waals surface area contributed by atoms with Crippen molar-refractivity contribution in [3.8, 4) is 0 Å². The van der Waals surface area contributed by atoms with Crippen LogP contribution < -0.4 is 4.89 Å². The monoisotopic (exact) mass is 798 g/mol. The van der Waals surface area contributed by atoms with Crippen LogP contribution in [-0.4, -0.2) is 81.2 Å². The van der Waals surface area contributed by atoms with Crippen LogP contribution in [0.15, 0.2) is 48.6 Å². The third-order valence-corrected chi connectivity index (χ3v) is 9.92. The maximum Gasteiger partial charge on any atom is 0.306 e. The largest absolute Gasteiger partial charge is 0.756 e. The smallest absolute Gasteiger partial charge is 0.306 e. The van der Waals surface area contributed by atoms with E-state index >= 15 is 0 Å². The van der Waals surface area contributed by atoms with Gasteiger partial charge in [0, 0.05) is 12.8 Å². The summed E-state index contributed by atoms with van der Waals surface area (Å²) in [7, 11) is 1.10. The van der Waals surface area contributed by atoms with Crippen molar-refractivity contribution in [2.24, 2.45) is 0 Å². The van der Waals surface area contributed by atoms with Crippen molar-refractivity contribution in [1.82, 2.24) is 0 Å². The zero-order chi connectivity index (χ0) is 40.9. The lowest BCUT2D eigenvalue weighted by Crippen LogP contribution is -2.37. The first kappa shape index (κ1) is 52.9. The molecule has 0 rings (SSSR count). The van der Waals surface area contributed by atoms with Gasteiger partial charge in [-0.05, 0) is 38.5 Å². The van der Waals surface area contributed by atoms with E-state index in [1.54, 1.807) is 0 Å². The molecule has 320 valence electrons. The Labute approximate surface area is 336 Å². The summed E-state index contributed by atoms with van der Waals surface area (Å²) in [5.74, 6) is -0.927. The van der Waals surface area contributed by atoms with Crippen molar-refractivity contribution >= 4 is 19.8 Å². The van der Waals surface area contributed by atoms with Crippen molar-refractivity contribution in [1.29, 1.82) is 0 Å². The van der Waals surface area contributed by atoms with Crippen molar-refractivity contribution in [2.75, 3.05) is 47.5 Å². The highest BCUT2D eigenvalue weighted by Gasteiger charge is 2.21. The summed E-state index contributed by atoms with van der Waals surface area (Å²) in [6.07, 6.45) is 37.5. The minimum atomic E-state index is -4.65. The minimum Gasteiger partial charge on any atom is -0.756 e. The number of carbonyl (C=O) groups is 2. The second kappa shape index (κ2) is 36.3. The van der Waals surface area contributed by atoms with Gasteiger partial charge in [-0.2, -0.15) is 0 Å². The summed E-state index contributed by atoms with van der Waals surface area (Å²) in [4.78, 5) is 37.4. The number of phosphoric ester groups is 1. The van der Waals surface area contributed by atoms with E-state index in [0.29, 0.717) is 23.9 Å². The lowest BCUT2D eigenvalue weighted by molar-refractivity contribution is -0.870. The lowest BCUT2D eigenvalue weighted by atomic mass is 10.0. The maximum absolute atomic E-state index is 12.6. The minimum absolute atomic E-state index is 0.0497. The standard InChI is InChI=1S/C44H80NO9P/c1-6-8-10-11-12-13-14-15-18-21-24-27-31-35-43(47)51-39-42(40-53-55(49,50)52-38-37-45(3,4)5)54-44(48)36-32-28-25-22-19-16-17-20-23-26-30-34-41(46)33-29-9-7-2/h16-17,22-23,25-26,30,34,41-42,46H,6-15,18-21,24,27-29,31-33,35-40H2,1-5H3/b17-16-,25-22-,26-23-,34-30+/t41-,42+/m0/s1. The van der Waals surface area contributed by atoms with E-state index < -0.39 is 32.5 Å². The Morgan fingerprint density at radius 2 is 1.22 bits per heavy atom. The topological polar surface area (TPSA) is 131 Å². The normalized spacial score (nSPS) is 14.7. The Morgan fingerprint density at radius 1 is 0.673 bits per heavy atom. The molecule has 0 spiro atoms. The molecule has 0 aliphatic carbocycles. The molecule has 0 radical (unpaired) electrons. The van der Waals surface area contributed by atoms with Crippen LogP contribution in [-0.2, 0) is 32.7 Å². The van der Waals surface area contributed by atoms with Gasteiger partial charge in [-0.1, -0.05) is 159 Å². The van der Waals surface area contributed by atoms with E-state index in [9.17, 15) is 24.2 Å². The average Bonchev–Trinajstić information content (AvgIpc) is 3.12. The molecule has 1 N–H and O–H groups in total. The van der Waals surface area contributed by atoms with Gasteiger partial charge in [0.1, 0.15) is 19.8 Å². The first-order chi connectivity index (χ1) is 26.4. The van der Waals surface area contributed by atoms with Crippen molar-refractivity contribution in [3.63, 3.8) is 0 Å². The Hall–Kier alpha value is -2.07. The number of quaternary nitrogens is 1. The summed E-state index contributed by atoms with van der Waals surface area (Å²) >= 11 is 0. The summed E-state index contributed by atoms with van der Waals surface area (Å²) in [5.41, 5.74) is 0. The van der Waals surface area contributed by atoms with Crippen LogP contribution >= 0.6 is 7.82 Å². The predicted molar refractivity (Wildman–Crippen MR) is 223 cm³/mol. The molecule has 0 aromatic heterocycles. The molecule has 1 unspecified atom stereocenters. The molecule has 0 amide bonds. The molecule has 0 aromatic rings. The zero-order valence-electron chi connectivity index (χ0n) is 35.5. The molecule has 0 saturated heterocycles. The van der Waals surface area contributed by atoms with E-state index in [4.69, 9.17) is 18.5 Å². The van der Waals surface area contributed by atoms with Crippen molar-refractivity contribution < 1.29 is 47.2 Å². The molecular formula is C44H80NO9P. The van der Waals surface area contributed by atoms with Gasteiger partial charge in [0.05, 0.1) is 33.9 Å². The number of likely N-dealkylation sites (N-methyl/N-ethyl adjacent to an activating group) is 1. The molecule has 0 bridgehead atoms. The first-order valence-electron chi connectivity index (χ1n) is 21.5. The fourth-order valence-corrected chi connectivity index (χ4v) is 6.25. The number of carbonyl (C=O) groups excluding carboxylic acids is 2. The number of aliphatic hydroxyl groups excluding tert-OH is 1. The van der Waals surface area contributed by atoms with Gasteiger partial charge in [0.25, 0.3) is 7.82 Å². The SMILES string of the molecule is CCCCCCCCCCCCCCCC(=O)OC[C@H](COP(=O)([O-])OCC[N+](C)(C)C)OC(=O)CCC/C=C\C/C=C\C/C=C\C=C\[C@@H](O)CCCCC. The number of ether oxygens (including phenoxy) is 2. The van der Waals surface area contributed by atoms with Gasteiger partial charge in [0.15, 0.2) is 6.10 Å². The van der Waals surface area contributed by atoms with Crippen LogP contribution in [0.4, 0.5) is 0 Å². The van der Waals surface area contributed by atoms with Gasteiger partial charge < -0.3 is 33.0 Å². The third-order valence-electron chi connectivity index (χ3n) is 8.96. The number of esters is 2. The molecule has 11 heteroatoms. The van der Waals surface area contributed by atoms with Crippen molar-refractivity contribution in [2.45, 2.75) is 174 Å². The number of allylic oxidation sites excluding steroid dienone is 7.